The third-order valence-electron chi connectivity index (χ3n) is 2.91. The van der Waals surface area contributed by atoms with E-state index in [2.05, 4.69) is 16.0 Å². The Hall–Kier alpha value is -1.83. The number of amides is 3. The molecule has 0 aliphatic carbocycles. The first-order chi connectivity index (χ1) is 8.45. The molecule has 0 saturated carbocycles. The first-order valence-electron chi connectivity index (χ1n) is 5.62. The van der Waals surface area contributed by atoms with Gasteiger partial charge in [0, 0.05) is 19.5 Å². The van der Waals surface area contributed by atoms with E-state index in [1.807, 2.05) is 0 Å². The van der Waals surface area contributed by atoms with E-state index in [4.69, 9.17) is 5.11 Å². The normalized spacial score (nSPS) is 21.9. The molecule has 8 heteroatoms. The highest BCUT2D eigenvalue weighted by Gasteiger charge is 2.33. The van der Waals surface area contributed by atoms with Gasteiger partial charge in [-0.15, -0.1) is 0 Å². The minimum Gasteiger partial charge on any atom is -0.465 e. The highest BCUT2D eigenvalue weighted by molar-refractivity contribution is 5.83. The van der Waals surface area contributed by atoms with Crippen molar-refractivity contribution >= 4 is 17.9 Å². The van der Waals surface area contributed by atoms with E-state index in [-0.39, 0.29) is 18.2 Å². The number of likely N-dealkylation sites (N-methyl/N-ethyl adjacent to an activating group) is 1. The number of carboxylic acid groups (broad SMARTS) is 1. The number of hydrogen-bond donors (Lipinski definition) is 5. The number of aliphatic hydroxyl groups is 1. The Labute approximate surface area is 104 Å². The van der Waals surface area contributed by atoms with E-state index in [9.17, 15) is 19.5 Å². The molecule has 0 aromatic rings. The van der Waals surface area contributed by atoms with Gasteiger partial charge in [-0.05, 0) is 12.8 Å². The lowest BCUT2D eigenvalue weighted by Crippen LogP contribution is -2.50. The van der Waals surface area contributed by atoms with Gasteiger partial charge in [-0.3, -0.25) is 9.59 Å². The second-order valence-electron chi connectivity index (χ2n) is 4.13. The molecule has 1 fully saturated rings. The van der Waals surface area contributed by atoms with Crippen LogP contribution in [0.2, 0.25) is 0 Å². The molecule has 1 aliphatic rings. The SMILES string of the molecule is CNC(=O)C(O)C(C[C@@H]1CCNC1=O)NC(=O)O. The van der Waals surface area contributed by atoms with E-state index in [0.29, 0.717) is 13.0 Å². The van der Waals surface area contributed by atoms with Crippen molar-refractivity contribution in [1.82, 2.24) is 16.0 Å². The van der Waals surface area contributed by atoms with Crippen molar-refractivity contribution in [3.05, 3.63) is 0 Å². The van der Waals surface area contributed by atoms with E-state index < -0.39 is 24.1 Å². The minimum atomic E-state index is -1.51. The van der Waals surface area contributed by atoms with Gasteiger partial charge in [0.15, 0.2) is 6.10 Å². The second kappa shape index (κ2) is 6.20. The lowest BCUT2D eigenvalue weighted by Gasteiger charge is -2.23. The summed E-state index contributed by atoms with van der Waals surface area (Å²) in [5.74, 6) is -1.26. The molecular weight excluding hydrogens is 242 g/mol. The monoisotopic (exact) mass is 259 g/mol. The van der Waals surface area contributed by atoms with Gasteiger partial charge < -0.3 is 26.2 Å². The van der Waals surface area contributed by atoms with Crippen LogP contribution in [-0.4, -0.2) is 53.9 Å². The van der Waals surface area contributed by atoms with Crippen molar-refractivity contribution in [2.75, 3.05) is 13.6 Å². The fourth-order valence-corrected chi connectivity index (χ4v) is 1.93. The molecule has 0 radical (unpaired) electrons. The van der Waals surface area contributed by atoms with Gasteiger partial charge in [-0.2, -0.15) is 0 Å². The van der Waals surface area contributed by atoms with Crippen LogP contribution < -0.4 is 16.0 Å². The maximum Gasteiger partial charge on any atom is 0.404 e. The van der Waals surface area contributed by atoms with Crippen LogP contribution in [0, 0.1) is 5.92 Å². The van der Waals surface area contributed by atoms with Crippen molar-refractivity contribution in [2.45, 2.75) is 25.0 Å². The van der Waals surface area contributed by atoms with Crippen molar-refractivity contribution in [3.63, 3.8) is 0 Å². The summed E-state index contributed by atoms with van der Waals surface area (Å²) in [7, 11) is 1.34. The molecule has 5 N–H and O–H groups in total. The number of carbonyl (C=O) groups is 3. The summed E-state index contributed by atoms with van der Waals surface area (Å²) in [6.45, 7) is 0.527. The van der Waals surface area contributed by atoms with Gasteiger partial charge in [0.25, 0.3) is 5.91 Å². The maximum absolute atomic E-state index is 11.4. The Morgan fingerprint density at radius 3 is 2.67 bits per heavy atom. The van der Waals surface area contributed by atoms with Crippen LogP contribution in [0.25, 0.3) is 0 Å². The highest BCUT2D eigenvalue weighted by Crippen LogP contribution is 2.17. The molecule has 3 amide bonds. The molecule has 0 spiro atoms. The third-order valence-corrected chi connectivity index (χ3v) is 2.91. The molecule has 0 bridgehead atoms. The quantitative estimate of drug-likeness (QED) is 0.400. The highest BCUT2D eigenvalue weighted by atomic mass is 16.4. The van der Waals surface area contributed by atoms with E-state index in [1.54, 1.807) is 0 Å². The summed E-state index contributed by atoms with van der Waals surface area (Å²) in [4.78, 5) is 33.3. The first kappa shape index (κ1) is 14.2. The molecule has 1 saturated heterocycles. The molecule has 18 heavy (non-hydrogen) atoms. The average molecular weight is 259 g/mol. The zero-order valence-corrected chi connectivity index (χ0v) is 9.97. The molecule has 1 heterocycles. The number of carbonyl (C=O) groups excluding carboxylic acids is 2. The Bertz CT molecular complexity index is 346. The fourth-order valence-electron chi connectivity index (χ4n) is 1.93. The van der Waals surface area contributed by atoms with E-state index >= 15 is 0 Å². The molecule has 2 unspecified atom stereocenters. The van der Waals surface area contributed by atoms with Gasteiger partial charge in [0.05, 0.1) is 6.04 Å². The van der Waals surface area contributed by atoms with Gasteiger partial charge in [-0.1, -0.05) is 0 Å². The number of rotatable bonds is 5. The smallest absolute Gasteiger partial charge is 0.404 e. The summed E-state index contributed by atoms with van der Waals surface area (Å²) < 4.78 is 0. The molecule has 3 atom stereocenters. The molecule has 8 nitrogen and oxygen atoms in total. The number of aliphatic hydroxyl groups excluding tert-OH is 1. The Morgan fingerprint density at radius 2 is 2.22 bits per heavy atom. The van der Waals surface area contributed by atoms with Crippen LogP contribution >= 0.6 is 0 Å². The number of hydrogen-bond acceptors (Lipinski definition) is 4. The van der Waals surface area contributed by atoms with Crippen LogP contribution in [-0.2, 0) is 9.59 Å². The minimum absolute atomic E-state index is 0.0900. The molecule has 102 valence electrons. The van der Waals surface area contributed by atoms with Crippen LogP contribution in [0.15, 0.2) is 0 Å². The van der Waals surface area contributed by atoms with Crippen LogP contribution in [0.5, 0.6) is 0 Å². The lowest BCUT2D eigenvalue weighted by atomic mass is 9.95. The summed E-state index contributed by atoms with van der Waals surface area (Å²) in [5.41, 5.74) is 0. The van der Waals surface area contributed by atoms with Crippen molar-refractivity contribution < 1.29 is 24.6 Å². The Balaban J connectivity index is 2.68. The zero-order chi connectivity index (χ0) is 13.7. The van der Waals surface area contributed by atoms with Gasteiger partial charge in [-0.25, -0.2) is 4.79 Å². The molecular formula is C10H17N3O5. The third kappa shape index (κ3) is 3.59. The predicted molar refractivity (Wildman–Crippen MR) is 60.8 cm³/mol. The second-order valence-corrected chi connectivity index (χ2v) is 4.13. The zero-order valence-electron chi connectivity index (χ0n) is 9.97. The van der Waals surface area contributed by atoms with Crippen LogP contribution in [0.4, 0.5) is 4.79 Å². The summed E-state index contributed by atoms with van der Waals surface area (Å²) in [6.07, 6.45) is -2.20. The summed E-state index contributed by atoms with van der Waals surface area (Å²) in [6, 6.07) is -1.00. The fraction of sp³-hybridized carbons (Fsp3) is 0.700. The maximum atomic E-state index is 11.4. The Morgan fingerprint density at radius 1 is 1.56 bits per heavy atom. The molecule has 0 aromatic carbocycles. The first-order valence-corrected chi connectivity index (χ1v) is 5.62. The summed E-state index contributed by atoms with van der Waals surface area (Å²) >= 11 is 0. The molecule has 1 aliphatic heterocycles. The molecule has 1 rings (SSSR count). The van der Waals surface area contributed by atoms with Crippen LogP contribution in [0.3, 0.4) is 0 Å². The lowest BCUT2D eigenvalue weighted by molar-refractivity contribution is -0.131. The van der Waals surface area contributed by atoms with E-state index in [1.165, 1.54) is 7.05 Å². The predicted octanol–water partition coefficient (Wildman–Crippen LogP) is -1.74. The average Bonchev–Trinajstić information content (AvgIpc) is 2.71. The van der Waals surface area contributed by atoms with Crippen molar-refractivity contribution in [3.8, 4) is 0 Å². The standard InChI is InChI=1S/C10H17N3O5/c1-11-9(16)7(14)6(13-10(17)18)4-5-2-3-12-8(5)15/h5-7,13-14H,2-4H2,1H3,(H,11,16)(H,12,15)(H,17,18)/t5-,6?,7?/m0/s1. The number of nitrogens with one attached hydrogen (secondary N) is 3. The van der Waals surface area contributed by atoms with Crippen LogP contribution in [0.1, 0.15) is 12.8 Å². The largest absolute Gasteiger partial charge is 0.465 e. The van der Waals surface area contributed by atoms with Crippen molar-refractivity contribution in [2.24, 2.45) is 5.92 Å². The topological polar surface area (TPSA) is 128 Å². The van der Waals surface area contributed by atoms with E-state index in [0.717, 1.165) is 0 Å². The van der Waals surface area contributed by atoms with Crippen molar-refractivity contribution in [1.29, 1.82) is 0 Å². The summed E-state index contributed by atoms with van der Waals surface area (Å²) in [5, 5.41) is 25.3. The van der Waals surface area contributed by atoms with Gasteiger partial charge in [0.1, 0.15) is 0 Å². The Kier molecular flexibility index (Phi) is 4.90. The van der Waals surface area contributed by atoms with Gasteiger partial charge >= 0.3 is 6.09 Å². The van der Waals surface area contributed by atoms with Gasteiger partial charge in [0.2, 0.25) is 5.91 Å². The molecule has 0 aromatic heterocycles.